The van der Waals surface area contributed by atoms with E-state index in [0.29, 0.717) is 21.4 Å². The molecule has 1 heterocycles. The Balaban J connectivity index is 1.45. The molecule has 1 aliphatic heterocycles. The molecule has 34 heavy (non-hydrogen) atoms. The molecule has 172 valence electrons. The van der Waals surface area contributed by atoms with Crippen LogP contribution in [0.15, 0.2) is 89.8 Å². The first-order valence-corrected chi connectivity index (χ1v) is 12.0. The molecule has 3 aromatic carbocycles. The van der Waals surface area contributed by atoms with Crippen LogP contribution in [-0.4, -0.2) is 34.8 Å². The molecule has 1 amide bonds. The molecule has 1 atom stereocenters. The zero-order chi connectivity index (χ0) is 23.9. The van der Waals surface area contributed by atoms with Gasteiger partial charge in [-0.25, -0.2) is 4.79 Å². The molecule has 1 unspecified atom stereocenters. The molecule has 3 aromatic rings. The molecule has 1 saturated heterocycles. The molecule has 0 aromatic heterocycles. The van der Waals surface area contributed by atoms with Crippen LogP contribution >= 0.6 is 24.0 Å². The Hall–Kier alpha value is -3.42. The van der Waals surface area contributed by atoms with Gasteiger partial charge in [0, 0.05) is 6.42 Å². The first-order chi connectivity index (χ1) is 16.6. The van der Waals surface area contributed by atoms with Crippen molar-refractivity contribution in [2.45, 2.75) is 12.5 Å². The molecular formula is C27H23NO4S2. The van der Waals surface area contributed by atoms with Gasteiger partial charge in [-0.15, -0.1) is 0 Å². The number of benzene rings is 3. The lowest BCUT2D eigenvalue weighted by atomic mass is 10.1. The number of thioether (sulfide) groups is 1. The van der Waals surface area contributed by atoms with Crippen molar-refractivity contribution in [2.75, 3.05) is 13.7 Å². The number of hydrogen-bond donors (Lipinski definition) is 0. The molecule has 0 bridgehead atoms. The van der Waals surface area contributed by atoms with E-state index in [4.69, 9.17) is 21.7 Å². The first kappa shape index (κ1) is 23.7. The highest BCUT2D eigenvalue weighted by atomic mass is 32.2. The Labute approximate surface area is 208 Å². The minimum atomic E-state index is -0.926. The average molecular weight is 490 g/mol. The Morgan fingerprint density at radius 3 is 2.29 bits per heavy atom. The molecule has 4 rings (SSSR count). The lowest BCUT2D eigenvalue weighted by Gasteiger charge is -2.24. The smallest absolute Gasteiger partial charge is 0.333 e. The Bertz CT molecular complexity index is 1190. The van der Waals surface area contributed by atoms with Crippen LogP contribution in [0.4, 0.5) is 0 Å². The Morgan fingerprint density at radius 1 is 1.00 bits per heavy atom. The lowest BCUT2D eigenvalue weighted by Crippen LogP contribution is -2.37. The summed E-state index contributed by atoms with van der Waals surface area (Å²) < 4.78 is 11.1. The molecule has 0 spiro atoms. The SMILES string of the molecule is COC(=O)C(c1ccccc1)N1C(=O)/C(=C/c2ccc(OCCc3ccccc3)cc2)SC1=S. The standard InChI is InChI=1S/C27H23NO4S2/c1-31-26(30)24(21-10-6-3-7-11-21)28-25(29)23(34-27(28)33)18-20-12-14-22(15-13-20)32-17-16-19-8-4-2-5-9-19/h2-15,18,24H,16-17H2,1H3/b23-18-. The van der Waals surface area contributed by atoms with Gasteiger partial charge in [-0.05, 0) is 34.9 Å². The third kappa shape index (κ3) is 5.55. The van der Waals surface area contributed by atoms with Gasteiger partial charge in [0.15, 0.2) is 6.04 Å². The van der Waals surface area contributed by atoms with Crippen LogP contribution in [0.2, 0.25) is 0 Å². The zero-order valence-electron chi connectivity index (χ0n) is 18.5. The van der Waals surface area contributed by atoms with Crippen LogP contribution in [0, 0.1) is 0 Å². The summed E-state index contributed by atoms with van der Waals surface area (Å²) in [4.78, 5) is 27.5. The van der Waals surface area contributed by atoms with E-state index in [0.717, 1.165) is 17.7 Å². The molecule has 5 nitrogen and oxygen atoms in total. The topological polar surface area (TPSA) is 55.8 Å². The van der Waals surface area contributed by atoms with Gasteiger partial charge >= 0.3 is 5.97 Å². The highest BCUT2D eigenvalue weighted by Gasteiger charge is 2.41. The highest BCUT2D eigenvalue weighted by Crippen LogP contribution is 2.38. The van der Waals surface area contributed by atoms with Crippen LogP contribution in [0.25, 0.3) is 6.08 Å². The number of carbonyl (C=O) groups excluding carboxylic acids is 2. The lowest BCUT2D eigenvalue weighted by molar-refractivity contribution is -0.148. The monoisotopic (exact) mass is 489 g/mol. The van der Waals surface area contributed by atoms with Crippen LogP contribution in [0.5, 0.6) is 5.75 Å². The molecular weight excluding hydrogens is 466 g/mol. The van der Waals surface area contributed by atoms with E-state index in [1.54, 1.807) is 18.2 Å². The fraction of sp³-hybridized carbons (Fsp3) is 0.148. The summed E-state index contributed by atoms with van der Waals surface area (Å²) in [6.07, 6.45) is 2.60. The number of hydrogen-bond acceptors (Lipinski definition) is 6. The second-order valence-corrected chi connectivity index (χ2v) is 9.22. The fourth-order valence-corrected chi connectivity index (χ4v) is 4.90. The van der Waals surface area contributed by atoms with Gasteiger partial charge < -0.3 is 9.47 Å². The minimum absolute atomic E-state index is 0.316. The summed E-state index contributed by atoms with van der Waals surface area (Å²) in [5.41, 5.74) is 2.70. The van der Waals surface area contributed by atoms with E-state index in [1.807, 2.05) is 60.7 Å². The molecule has 0 aliphatic carbocycles. The van der Waals surface area contributed by atoms with Crippen LogP contribution in [-0.2, 0) is 20.7 Å². The normalized spacial score (nSPS) is 15.4. The second kappa shape index (κ2) is 11.1. The number of methoxy groups -OCH3 is 1. The molecule has 7 heteroatoms. The van der Waals surface area contributed by atoms with E-state index in [9.17, 15) is 9.59 Å². The number of rotatable bonds is 8. The van der Waals surface area contributed by atoms with Crippen molar-refractivity contribution in [3.8, 4) is 5.75 Å². The molecule has 1 aliphatic rings. The van der Waals surface area contributed by atoms with Crippen molar-refractivity contribution >= 4 is 46.3 Å². The van der Waals surface area contributed by atoms with Crippen LogP contribution in [0.1, 0.15) is 22.7 Å². The van der Waals surface area contributed by atoms with Crippen molar-refractivity contribution in [3.05, 3.63) is 107 Å². The number of esters is 1. The quantitative estimate of drug-likeness (QED) is 0.239. The van der Waals surface area contributed by atoms with Gasteiger partial charge in [-0.2, -0.15) is 0 Å². The van der Waals surface area contributed by atoms with Crippen molar-refractivity contribution in [1.29, 1.82) is 0 Å². The maximum Gasteiger partial charge on any atom is 0.333 e. The van der Waals surface area contributed by atoms with Gasteiger partial charge in [0.05, 0.1) is 18.6 Å². The largest absolute Gasteiger partial charge is 0.493 e. The van der Waals surface area contributed by atoms with Crippen molar-refractivity contribution in [3.63, 3.8) is 0 Å². The van der Waals surface area contributed by atoms with Gasteiger partial charge in [-0.1, -0.05) is 96.8 Å². The summed E-state index contributed by atoms with van der Waals surface area (Å²) in [7, 11) is 1.30. The average Bonchev–Trinajstić information content (AvgIpc) is 3.14. The van der Waals surface area contributed by atoms with E-state index in [1.165, 1.54) is 29.3 Å². The number of amides is 1. The predicted octanol–water partition coefficient (Wildman–Crippen LogP) is 5.42. The molecule has 0 N–H and O–H groups in total. The number of thiocarbonyl (C=S) groups is 1. The zero-order valence-corrected chi connectivity index (χ0v) is 20.2. The van der Waals surface area contributed by atoms with Gasteiger partial charge in [-0.3, -0.25) is 9.69 Å². The van der Waals surface area contributed by atoms with E-state index >= 15 is 0 Å². The van der Waals surface area contributed by atoms with Gasteiger partial charge in [0.25, 0.3) is 5.91 Å². The number of ether oxygens (including phenoxy) is 2. The third-order valence-corrected chi connectivity index (χ3v) is 6.63. The minimum Gasteiger partial charge on any atom is -0.493 e. The molecule has 0 radical (unpaired) electrons. The predicted molar refractivity (Wildman–Crippen MR) is 138 cm³/mol. The summed E-state index contributed by atoms with van der Waals surface area (Å²) in [6.45, 7) is 0.580. The number of nitrogens with zero attached hydrogens (tertiary/aromatic N) is 1. The highest BCUT2D eigenvalue weighted by molar-refractivity contribution is 8.26. The van der Waals surface area contributed by atoms with Crippen molar-refractivity contribution in [2.24, 2.45) is 0 Å². The summed E-state index contributed by atoms with van der Waals surface area (Å²) >= 11 is 6.64. The summed E-state index contributed by atoms with van der Waals surface area (Å²) in [5.74, 6) is -0.103. The second-order valence-electron chi connectivity index (χ2n) is 7.54. The van der Waals surface area contributed by atoms with Crippen LogP contribution < -0.4 is 4.74 Å². The first-order valence-electron chi connectivity index (χ1n) is 10.7. The van der Waals surface area contributed by atoms with E-state index < -0.39 is 12.0 Å². The van der Waals surface area contributed by atoms with Gasteiger partial charge in [0.1, 0.15) is 10.1 Å². The Kier molecular flexibility index (Phi) is 7.77. The van der Waals surface area contributed by atoms with Gasteiger partial charge in [0.2, 0.25) is 0 Å². The molecule has 1 fully saturated rings. The van der Waals surface area contributed by atoms with E-state index in [-0.39, 0.29) is 5.91 Å². The maximum atomic E-state index is 13.2. The van der Waals surface area contributed by atoms with Crippen LogP contribution in [0.3, 0.4) is 0 Å². The third-order valence-electron chi connectivity index (χ3n) is 5.30. The van der Waals surface area contributed by atoms with Crippen molar-refractivity contribution < 1.29 is 19.1 Å². The number of carbonyl (C=O) groups is 2. The molecule has 0 saturated carbocycles. The summed E-state index contributed by atoms with van der Waals surface area (Å²) in [5, 5.41) is 0. The fourth-order valence-electron chi connectivity index (χ4n) is 3.58. The van der Waals surface area contributed by atoms with E-state index in [2.05, 4.69) is 12.1 Å². The Morgan fingerprint density at radius 2 is 1.65 bits per heavy atom. The van der Waals surface area contributed by atoms with Crippen molar-refractivity contribution in [1.82, 2.24) is 4.90 Å². The summed E-state index contributed by atoms with van der Waals surface area (Å²) in [6, 6.07) is 25.8. The maximum absolute atomic E-state index is 13.2.